The van der Waals surface area contributed by atoms with Gasteiger partial charge in [-0.1, -0.05) is 28.8 Å². The minimum Gasteiger partial charge on any atom is -0.326 e. The van der Waals surface area contributed by atoms with Crippen molar-refractivity contribution in [3.8, 4) is 0 Å². The SMILES string of the molecule is CN(C)C1(C(N)Cc2cc(Br)ccc2F)CCCC1. The van der Waals surface area contributed by atoms with Crippen molar-refractivity contribution in [2.24, 2.45) is 5.73 Å². The van der Waals surface area contributed by atoms with Crippen LogP contribution in [0.15, 0.2) is 22.7 Å². The van der Waals surface area contributed by atoms with Crippen molar-refractivity contribution in [1.82, 2.24) is 4.90 Å². The fourth-order valence-corrected chi connectivity index (χ4v) is 3.67. The van der Waals surface area contributed by atoms with Gasteiger partial charge in [-0.2, -0.15) is 0 Å². The van der Waals surface area contributed by atoms with Gasteiger partial charge in [-0.25, -0.2) is 4.39 Å². The van der Waals surface area contributed by atoms with Gasteiger partial charge in [0.05, 0.1) is 0 Å². The average Bonchev–Trinajstić information content (AvgIpc) is 2.84. The monoisotopic (exact) mass is 328 g/mol. The van der Waals surface area contributed by atoms with E-state index in [-0.39, 0.29) is 17.4 Å². The predicted molar refractivity (Wildman–Crippen MR) is 80.7 cm³/mol. The topological polar surface area (TPSA) is 29.3 Å². The summed E-state index contributed by atoms with van der Waals surface area (Å²) in [6.07, 6.45) is 5.23. The molecule has 1 atom stereocenters. The normalized spacial score (nSPS) is 19.9. The zero-order chi connectivity index (χ0) is 14.0. The predicted octanol–water partition coefficient (Wildman–Crippen LogP) is 3.33. The lowest BCUT2D eigenvalue weighted by atomic mass is 9.83. The Morgan fingerprint density at radius 2 is 2.00 bits per heavy atom. The highest BCUT2D eigenvalue weighted by Gasteiger charge is 2.41. The fourth-order valence-electron chi connectivity index (χ4n) is 3.26. The van der Waals surface area contributed by atoms with Crippen LogP contribution in [-0.4, -0.2) is 30.6 Å². The van der Waals surface area contributed by atoms with E-state index in [1.807, 2.05) is 6.07 Å². The third kappa shape index (κ3) is 3.01. The number of hydrogen-bond donors (Lipinski definition) is 1. The van der Waals surface area contributed by atoms with E-state index in [1.165, 1.54) is 18.9 Å². The molecule has 0 saturated heterocycles. The molecule has 1 saturated carbocycles. The molecule has 0 aliphatic heterocycles. The number of halogens is 2. The van der Waals surface area contributed by atoms with Crippen LogP contribution in [0.5, 0.6) is 0 Å². The van der Waals surface area contributed by atoms with E-state index >= 15 is 0 Å². The fraction of sp³-hybridized carbons (Fsp3) is 0.600. The van der Waals surface area contributed by atoms with Crippen LogP contribution in [0, 0.1) is 5.82 Å². The van der Waals surface area contributed by atoms with Gasteiger partial charge in [0.2, 0.25) is 0 Å². The molecular formula is C15H22BrFN2. The standard InChI is InChI=1S/C15H22BrFN2/c1-19(2)15(7-3-4-8-15)14(18)10-11-9-12(16)5-6-13(11)17/h5-6,9,14H,3-4,7-8,10,18H2,1-2H3. The van der Waals surface area contributed by atoms with Gasteiger partial charge in [0.15, 0.2) is 0 Å². The van der Waals surface area contributed by atoms with Gasteiger partial charge in [-0.3, -0.25) is 0 Å². The van der Waals surface area contributed by atoms with Crippen LogP contribution in [0.4, 0.5) is 4.39 Å². The highest BCUT2D eigenvalue weighted by molar-refractivity contribution is 9.10. The maximum absolute atomic E-state index is 13.9. The van der Waals surface area contributed by atoms with Crippen molar-refractivity contribution >= 4 is 15.9 Å². The molecule has 0 radical (unpaired) electrons. The van der Waals surface area contributed by atoms with Crippen LogP contribution in [0.2, 0.25) is 0 Å². The van der Waals surface area contributed by atoms with E-state index in [0.29, 0.717) is 12.0 Å². The Balaban J connectivity index is 2.19. The number of likely N-dealkylation sites (N-methyl/N-ethyl adjacent to an activating group) is 1. The number of hydrogen-bond acceptors (Lipinski definition) is 2. The summed E-state index contributed by atoms with van der Waals surface area (Å²) in [7, 11) is 4.17. The molecule has 1 aliphatic rings. The minimum atomic E-state index is -0.162. The van der Waals surface area contributed by atoms with E-state index in [4.69, 9.17) is 5.73 Å². The van der Waals surface area contributed by atoms with Crippen LogP contribution >= 0.6 is 15.9 Å². The molecule has 0 aromatic heterocycles. The second-order valence-electron chi connectivity index (χ2n) is 5.75. The van der Waals surface area contributed by atoms with Crippen molar-refractivity contribution in [2.75, 3.05) is 14.1 Å². The lowest BCUT2D eigenvalue weighted by Crippen LogP contribution is -2.56. The van der Waals surface area contributed by atoms with E-state index in [9.17, 15) is 4.39 Å². The molecule has 1 aliphatic carbocycles. The zero-order valence-electron chi connectivity index (χ0n) is 11.6. The third-order valence-corrected chi connectivity index (χ3v) is 4.99. The summed E-state index contributed by atoms with van der Waals surface area (Å²) in [4.78, 5) is 2.24. The lowest BCUT2D eigenvalue weighted by Gasteiger charge is -2.41. The molecule has 106 valence electrons. The maximum atomic E-state index is 13.9. The van der Waals surface area contributed by atoms with Gasteiger partial charge in [0.25, 0.3) is 0 Å². The smallest absolute Gasteiger partial charge is 0.126 e. The lowest BCUT2D eigenvalue weighted by molar-refractivity contribution is 0.122. The van der Waals surface area contributed by atoms with Crippen molar-refractivity contribution < 1.29 is 4.39 Å². The first-order valence-electron chi connectivity index (χ1n) is 6.82. The number of nitrogens with two attached hydrogens (primary N) is 1. The molecule has 1 unspecified atom stereocenters. The molecule has 1 aromatic carbocycles. The highest BCUT2D eigenvalue weighted by atomic mass is 79.9. The molecule has 0 bridgehead atoms. The molecule has 19 heavy (non-hydrogen) atoms. The summed E-state index contributed by atoms with van der Waals surface area (Å²) in [6.45, 7) is 0. The molecule has 2 N–H and O–H groups in total. The van der Waals surface area contributed by atoms with Gasteiger partial charge in [-0.05, 0) is 57.1 Å². The summed E-state index contributed by atoms with van der Waals surface area (Å²) in [5.41, 5.74) is 7.17. The summed E-state index contributed by atoms with van der Waals surface area (Å²) in [5, 5.41) is 0. The average molecular weight is 329 g/mol. The molecule has 2 nitrogen and oxygen atoms in total. The second kappa shape index (κ2) is 5.90. The van der Waals surface area contributed by atoms with Gasteiger partial charge in [0, 0.05) is 16.1 Å². The summed E-state index contributed by atoms with van der Waals surface area (Å²) in [6, 6.07) is 5.03. The number of rotatable bonds is 4. The van der Waals surface area contributed by atoms with Gasteiger partial charge < -0.3 is 10.6 Å². The third-order valence-electron chi connectivity index (χ3n) is 4.50. The molecule has 1 aromatic rings. The maximum Gasteiger partial charge on any atom is 0.126 e. The van der Waals surface area contributed by atoms with Crippen LogP contribution in [0.1, 0.15) is 31.2 Å². The minimum absolute atomic E-state index is 0.0226. The molecule has 0 heterocycles. The summed E-state index contributed by atoms with van der Waals surface area (Å²) in [5.74, 6) is -0.162. The Morgan fingerprint density at radius 1 is 1.37 bits per heavy atom. The van der Waals surface area contributed by atoms with Crippen LogP contribution in [0.25, 0.3) is 0 Å². The second-order valence-corrected chi connectivity index (χ2v) is 6.67. The Kier molecular flexibility index (Phi) is 4.64. The largest absolute Gasteiger partial charge is 0.326 e. The van der Waals surface area contributed by atoms with Crippen molar-refractivity contribution in [1.29, 1.82) is 0 Å². The summed E-state index contributed by atoms with van der Waals surface area (Å²) >= 11 is 3.39. The van der Waals surface area contributed by atoms with Gasteiger partial charge in [0.1, 0.15) is 5.82 Å². The first-order valence-corrected chi connectivity index (χ1v) is 7.62. The Bertz CT molecular complexity index is 442. The molecule has 4 heteroatoms. The number of benzene rings is 1. The summed E-state index contributed by atoms with van der Waals surface area (Å²) < 4.78 is 14.8. The van der Waals surface area contributed by atoms with Gasteiger partial charge >= 0.3 is 0 Å². The zero-order valence-corrected chi connectivity index (χ0v) is 13.2. The molecule has 0 amide bonds. The Labute approximate surface area is 123 Å². The van der Waals surface area contributed by atoms with E-state index in [2.05, 4.69) is 34.9 Å². The van der Waals surface area contributed by atoms with E-state index in [0.717, 1.165) is 17.3 Å². The molecule has 1 fully saturated rings. The highest BCUT2D eigenvalue weighted by Crippen LogP contribution is 2.37. The Morgan fingerprint density at radius 3 is 2.58 bits per heavy atom. The van der Waals surface area contributed by atoms with E-state index in [1.54, 1.807) is 6.07 Å². The molecule has 2 rings (SSSR count). The Hall–Kier alpha value is -0.450. The van der Waals surface area contributed by atoms with Gasteiger partial charge in [-0.15, -0.1) is 0 Å². The van der Waals surface area contributed by atoms with Crippen LogP contribution < -0.4 is 5.73 Å². The first-order chi connectivity index (χ1) is 8.95. The molecular weight excluding hydrogens is 307 g/mol. The van der Waals surface area contributed by atoms with Crippen LogP contribution in [-0.2, 0) is 6.42 Å². The van der Waals surface area contributed by atoms with Crippen molar-refractivity contribution in [3.05, 3.63) is 34.1 Å². The van der Waals surface area contributed by atoms with Crippen LogP contribution in [0.3, 0.4) is 0 Å². The van der Waals surface area contributed by atoms with Crippen molar-refractivity contribution in [3.63, 3.8) is 0 Å². The number of nitrogens with zero attached hydrogens (tertiary/aromatic N) is 1. The van der Waals surface area contributed by atoms with E-state index < -0.39 is 0 Å². The molecule has 0 spiro atoms. The van der Waals surface area contributed by atoms with Crippen molar-refractivity contribution in [2.45, 2.75) is 43.7 Å². The first kappa shape index (κ1) is 14.9. The quantitative estimate of drug-likeness (QED) is 0.918.